The average Bonchev–Trinajstić information content (AvgIpc) is 1.65. The van der Waals surface area contributed by atoms with Gasteiger partial charge in [0.15, 0.2) is 5.96 Å². The monoisotopic (exact) mass is 1760 g/mol. The predicted molar refractivity (Wildman–Crippen MR) is 454 cm³/mol. The van der Waals surface area contributed by atoms with E-state index in [1.165, 1.54) is 55.5 Å². The second-order valence-corrected chi connectivity index (χ2v) is 31.5. The number of aliphatic carboxylic acids is 2. The maximum Gasteiger partial charge on any atom is 0.322 e. The Hall–Kier alpha value is -12.1. The van der Waals surface area contributed by atoms with Crippen LogP contribution in [-0.4, -0.2) is 278 Å². The maximum atomic E-state index is 15.0. The fraction of sp³-hybridized carbons (Fsp3) is 0.570. The van der Waals surface area contributed by atoms with Crippen molar-refractivity contribution >= 4 is 123 Å². The molecule has 0 unspecified atom stereocenters. The predicted octanol–water partition coefficient (Wildman–Crippen LogP) is -5.68. The number of unbranched alkanes of at least 4 members (excludes halogenated alkanes) is 2. The van der Waals surface area contributed by atoms with E-state index in [1.54, 1.807) is 64.4 Å². The number of benzene rings is 2. The molecular formula is C79H123N23O21S. The topological polar surface area (TPSA) is 727 Å². The highest BCUT2D eigenvalue weighted by molar-refractivity contribution is 7.98. The number of rotatable bonds is 59. The van der Waals surface area contributed by atoms with Gasteiger partial charge < -0.3 is 138 Å². The van der Waals surface area contributed by atoms with Crippen LogP contribution < -0.4 is 103 Å². The van der Waals surface area contributed by atoms with Crippen molar-refractivity contribution in [2.75, 3.05) is 57.9 Å². The van der Waals surface area contributed by atoms with Gasteiger partial charge in [-0.15, -0.1) is 0 Å². The van der Waals surface area contributed by atoms with Crippen molar-refractivity contribution in [3.63, 3.8) is 0 Å². The lowest BCUT2D eigenvalue weighted by atomic mass is 10.00. The van der Waals surface area contributed by atoms with Crippen molar-refractivity contribution < 1.29 is 102 Å². The van der Waals surface area contributed by atoms with Gasteiger partial charge >= 0.3 is 11.9 Å². The number of fused-ring (bicyclic) bond motifs is 1. The molecule has 0 fully saturated rings. The minimum absolute atomic E-state index is 0.00116. The first-order valence-corrected chi connectivity index (χ1v) is 42.2. The Morgan fingerprint density at radius 3 is 1.43 bits per heavy atom. The smallest absolute Gasteiger partial charge is 0.322 e. The van der Waals surface area contributed by atoms with Crippen molar-refractivity contribution in [2.24, 2.45) is 34.8 Å². The number of carbonyl (C=O) groups is 16. The van der Waals surface area contributed by atoms with Crippen molar-refractivity contribution in [1.82, 2.24) is 94.7 Å². The van der Waals surface area contributed by atoms with Crippen LogP contribution in [0.4, 0.5) is 0 Å². The average molecular weight is 1760 g/mol. The van der Waals surface area contributed by atoms with E-state index in [0.717, 1.165) is 0 Å². The van der Waals surface area contributed by atoms with Crippen LogP contribution in [-0.2, 0) is 96.0 Å². The lowest BCUT2D eigenvalue weighted by Crippen LogP contribution is -2.61. The molecule has 124 heavy (non-hydrogen) atoms. The standard InChI is InChI=1S/C79H123N23O21S/c1-42(2)30-57(74(119)96-55(23-24-64(107)108)72(117)93-52(16-9-11-26-80)68(113)89-38-65(109)110)92-63(106)37-88-69(114)60(34-47-36-85-41-90-47)98-66(111)44(5)91-70(115)53(17-10-12-27-81)94-73(118)56(25-29-124-6)97-75(120)58(31-43(3)4)99-76(121)59(33-46-35-87-51-15-8-7-14-49(46)51)100-78(123)62(40-104)102-71(116)54(18-13-28-86-79(83)84)95-77(122)61(39-103)101-67(112)50(82)32-45-19-21-48(105)22-20-45/h7-8,14-15,19-22,35-36,41-44,50,52-62,87,103-105H,9-13,16-18,23-34,37-40,80-82H2,1-6H3,(H,85,90)(H,88,114)(H,89,113)(H,91,115)(H,92,106)(H,93,117)(H,94,118)(H,95,122)(H,96,119)(H,97,120)(H,98,111)(H,99,121)(H,100,123)(H,101,112)(H,102,116)(H,107,108)(H,109,110)(H4,83,84,86)/t44-,50-,52-,53-,54-,55-,56-,57-,58-,59-,60-,61-,62-/m0/s1. The molecule has 0 bridgehead atoms. The summed E-state index contributed by atoms with van der Waals surface area (Å²) in [6, 6.07) is -6.51. The van der Waals surface area contributed by atoms with Crippen LogP contribution in [0, 0.1) is 17.2 Å². The minimum Gasteiger partial charge on any atom is -0.508 e. The number of aromatic amines is 2. The molecule has 0 saturated heterocycles. The van der Waals surface area contributed by atoms with Gasteiger partial charge in [0, 0.05) is 54.8 Å². The van der Waals surface area contributed by atoms with E-state index < -0.39 is 218 Å². The molecule has 0 aliphatic carbocycles. The molecule has 0 saturated carbocycles. The molecule has 686 valence electrons. The van der Waals surface area contributed by atoms with Gasteiger partial charge in [-0.3, -0.25) is 82.1 Å². The number of amides is 14. The number of aliphatic hydroxyl groups is 2. The molecule has 2 aromatic heterocycles. The Labute approximate surface area is 720 Å². The van der Waals surface area contributed by atoms with Gasteiger partial charge in [-0.05, 0) is 157 Å². The van der Waals surface area contributed by atoms with Crippen molar-refractivity contribution in [3.8, 4) is 5.75 Å². The highest BCUT2D eigenvalue weighted by atomic mass is 32.2. The number of nitrogens with one attached hydrogen (secondary N) is 18. The third-order valence-electron chi connectivity index (χ3n) is 19.3. The highest BCUT2D eigenvalue weighted by Crippen LogP contribution is 2.21. The third kappa shape index (κ3) is 38.1. The largest absolute Gasteiger partial charge is 0.508 e. The maximum absolute atomic E-state index is 15.0. The Kier molecular flexibility index (Phi) is 46.4. The summed E-state index contributed by atoms with van der Waals surface area (Å²) in [6.45, 7) is 5.00. The van der Waals surface area contributed by atoms with Gasteiger partial charge in [0.1, 0.15) is 84.8 Å². The van der Waals surface area contributed by atoms with Crippen LogP contribution in [0.3, 0.4) is 0 Å². The number of imidazole rings is 1. The molecule has 0 aliphatic heterocycles. The van der Waals surface area contributed by atoms with E-state index in [4.69, 9.17) is 33.5 Å². The van der Waals surface area contributed by atoms with Crippen LogP contribution in [0.15, 0.2) is 67.3 Å². The number of carbonyl (C=O) groups excluding carboxylic acids is 14. The normalized spacial score (nSPS) is 14.3. The summed E-state index contributed by atoms with van der Waals surface area (Å²) in [5.41, 5.74) is 25.1. The summed E-state index contributed by atoms with van der Waals surface area (Å²) in [4.78, 5) is 230. The van der Waals surface area contributed by atoms with E-state index in [9.17, 15) is 97.1 Å². The lowest BCUT2D eigenvalue weighted by Gasteiger charge is -2.28. The molecule has 2 heterocycles. The molecule has 14 amide bonds. The zero-order valence-corrected chi connectivity index (χ0v) is 71.2. The number of aromatic hydroxyl groups is 1. The molecule has 2 aromatic carbocycles. The number of nitrogens with two attached hydrogens (primary N) is 4. The molecule has 4 aromatic rings. The molecule has 31 N–H and O–H groups in total. The molecule has 0 aliphatic rings. The van der Waals surface area contributed by atoms with Gasteiger partial charge in [-0.25, -0.2) is 4.98 Å². The Bertz CT molecular complexity index is 4190. The number of guanidine groups is 1. The first-order valence-electron chi connectivity index (χ1n) is 40.8. The van der Waals surface area contributed by atoms with Crippen LogP contribution >= 0.6 is 11.8 Å². The zero-order chi connectivity index (χ0) is 92.1. The summed E-state index contributed by atoms with van der Waals surface area (Å²) in [6.07, 6.45) is 5.35. The number of carboxylic acids is 2. The number of hydrogen-bond donors (Lipinski definition) is 27. The van der Waals surface area contributed by atoms with Crippen LogP contribution in [0.5, 0.6) is 5.75 Å². The van der Waals surface area contributed by atoms with Gasteiger partial charge in [0.25, 0.3) is 0 Å². The number of phenolic OH excluding ortho intramolecular Hbond substituents is 1. The molecule has 45 heteroatoms. The van der Waals surface area contributed by atoms with Crippen molar-refractivity contribution in [2.45, 2.75) is 216 Å². The van der Waals surface area contributed by atoms with Crippen LogP contribution in [0.1, 0.15) is 135 Å². The summed E-state index contributed by atoms with van der Waals surface area (Å²) in [7, 11) is 0. The molecule has 44 nitrogen and oxygen atoms in total. The van der Waals surface area contributed by atoms with Crippen molar-refractivity contribution in [3.05, 3.63) is 84.1 Å². The fourth-order valence-corrected chi connectivity index (χ4v) is 13.1. The second kappa shape index (κ2) is 55.1. The number of nitrogens with zero attached hydrogens (tertiary/aromatic N) is 1. The Morgan fingerprint density at radius 2 is 0.911 bits per heavy atom. The summed E-state index contributed by atoms with van der Waals surface area (Å²) < 4.78 is 0. The summed E-state index contributed by atoms with van der Waals surface area (Å²) in [5.74, 6) is -16.8. The number of carboxylic acid groups (broad SMARTS) is 2. The molecule has 13 atom stereocenters. The molecule has 4 rings (SSSR count). The van der Waals surface area contributed by atoms with E-state index in [0.29, 0.717) is 47.0 Å². The number of hydrogen-bond acceptors (Lipinski definition) is 25. The number of aliphatic hydroxyl groups excluding tert-OH is 2. The molecule has 0 radical (unpaired) electrons. The fourth-order valence-electron chi connectivity index (χ4n) is 12.6. The van der Waals surface area contributed by atoms with Gasteiger partial charge in [0.05, 0.1) is 32.1 Å². The van der Waals surface area contributed by atoms with Gasteiger partial charge in [-0.1, -0.05) is 58.0 Å². The van der Waals surface area contributed by atoms with E-state index in [-0.39, 0.29) is 114 Å². The van der Waals surface area contributed by atoms with Gasteiger partial charge in [0.2, 0.25) is 82.7 Å². The van der Waals surface area contributed by atoms with E-state index in [1.807, 2.05) is 0 Å². The Morgan fingerprint density at radius 1 is 0.468 bits per heavy atom. The first-order chi connectivity index (χ1) is 58.9. The lowest BCUT2D eigenvalue weighted by molar-refractivity contribution is -0.139. The van der Waals surface area contributed by atoms with E-state index >= 15 is 0 Å². The number of para-hydroxylation sites is 1. The quantitative estimate of drug-likeness (QED) is 0.0111. The van der Waals surface area contributed by atoms with Crippen LogP contribution in [0.25, 0.3) is 10.9 Å². The second-order valence-electron chi connectivity index (χ2n) is 30.5. The minimum atomic E-state index is -1.84. The van der Waals surface area contributed by atoms with Gasteiger partial charge in [-0.2, -0.15) is 11.8 Å². The highest BCUT2D eigenvalue weighted by Gasteiger charge is 2.38. The zero-order valence-electron chi connectivity index (χ0n) is 70.4. The van der Waals surface area contributed by atoms with Crippen LogP contribution in [0.2, 0.25) is 0 Å². The van der Waals surface area contributed by atoms with Crippen molar-refractivity contribution in [1.29, 1.82) is 5.41 Å². The first kappa shape index (κ1) is 104. The summed E-state index contributed by atoms with van der Waals surface area (Å²) in [5, 5.41) is 95.3. The Balaban J connectivity index is 1.54. The molecular weight excluding hydrogens is 1640 g/mol. The summed E-state index contributed by atoms with van der Waals surface area (Å²) >= 11 is 1.31. The number of aromatic nitrogens is 3. The number of thioether (sulfide) groups is 1. The van der Waals surface area contributed by atoms with E-state index in [2.05, 4.69) is 94.7 Å². The number of H-pyrrole nitrogens is 2. The molecule has 0 spiro atoms. The number of phenols is 1. The third-order valence-corrected chi connectivity index (χ3v) is 19.9. The SMILES string of the molecule is CSCC[C@H](NC(=O)[C@H](CC(C)C)NC(=O)[C@H](Cc1c[nH]c2ccccc12)NC(=O)[C@H](CO)NC(=O)[C@H](CCCNC(=N)N)NC(=O)[C@H](CO)NC(=O)[C@@H](N)Cc1ccc(O)cc1)C(=O)N[C@@H](CCCCN)C(=O)N[C@@H](C)C(=O)N[C@@H](Cc1cnc[nH]1)C(=O)NCC(=O)N[C@@H](CC(C)C)C(=O)N[C@@H](CCC(=O)O)C(=O)N[C@@H](CCCCN)C(=O)NCC(=O)O.